The van der Waals surface area contributed by atoms with Crippen LogP contribution in [0.1, 0.15) is 49.3 Å². The molecule has 0 saturated heterocycles. The maximum atomic E-state index is 13.6. The Bertz CT molecular complexity index is 780. The second-order valence-electron chi connectivity index (χ2n) is 7.40. The van der Waals surface area contributed by atoms with Gasteiger partial charge in [0, 0.05) is 23.7 Å². The Morgan fingerprint density at radius 2 is 2.04 bits per heavy atom. The lowest BCUT2D eigenvalue weighted by atomic mass is 9.98. The van der Waals surface area contributed by atoms with Crippen molar-refractivity contribution in [2.24, 2.45) is 11.7 Å². The van der Waals surface area contributed by atoms with Crippen LogP contribution < -0.4 is 11.1 Å². The van der Waals surface area contributed by atoms with Crippen molar-refractivity contribution in [1.29, 1.82) is 0 Å². The van der Waals surface area contributed by atoms with Gasteiger partial charge in [0.2, 0.25) is 0 Å². The Morgan fingerprint density at radius 3 is 2.64 bits per heavy atom. The summed E-state index contributed by atoms with van der Waals surface area (Å²) in [6.07, 6.45) is 1.20. The van der Waals surface area contributed by atoms with Crippen molar-refractivity contribution in [3.63, 3.8) is 0 Å². The van der Waals surface area contributed by atoms with E-state index in [0.29, 0.717) is 24.3 Å². The van der Waals surface area contributed by atoms with Crippen molar-refractivity contribution in [3.05, 3.63) is 23.5 Å². The molecule has 3 atom stereocenters. The van der Waals surface area contributed by atoms with Gasteiger partial charge in [-0.2, -0.15) is 22.8 Å². The van der Waals surface area contributed by atoms with Gasteiger partial charge in [0.15, 0.2) is 5.65 Å². The smallest absolute Gasteiger partial charge is 0.367 e. The van der Waals surface area contributed by atoms with Gasteiger partial charge in [-0.15, -0.1) is 0 Å². The standard InChI is InChI=1S/C17H22F3N5/c1-9-8-22-25-14(23-12-5-4-11(21)6-12)7-13(24-16(9)25)15(10-2-3-10)17(18,19)20/h7-8,10-12,15,23H,2-6,21H2,1H3/t11-,12-,15-/m0/s1. The highest BCUT2D eigenvalue weighted by atomic mass is 19.4. The monoisotopic (exact) mass is 353 g/mol. The van der Waals surface area contributed by atoms with Gasteiger partial charge in [-0.25, -0.2) is 4.98 Å². The summed E-state index contributed by atoms with van der Waals surface area (Å²) < 4.78 is 42.4. The third kappa shape index (κ3) is 3.19. The van der Waals surface area contributed by atoms with Gasteiger partial charge in [-0.05, 0) is 44.9 Å². The van der Waals surface area contributed by atoms with E-state index in [1.165, 1.54) is 6.07 Å². The van der Waals surface area contributed by atoms with Gasteiger partial charge in [-0.1, -0.05) is 0 Å². The summed E-state index contributed by atoms with van der Waals surface area (Å²) in [5.74, 6) is -1.29. The van der Waals surface area contributed by atoms with E-state index in [4.69, 9.17) is 5.73 Å². The number of nitrogens with zero attached hydrogens (tertiary/aromatic N) is 3. The SMILES string of the molecule is Cc1cnn2c(N[C@H]3CC[C@H](N)C3)cc([C@H](C3CC3)C(F)(F)F)nc12. The van der Waals surface area contributed by atoms with Crippen LogP contribution in [0.5, 0.6) is 0 Å². The van der Waals surface area contributed by atoms with E-state index in [2.05, 4.69) is 15.4 Å². The number of hydrogen-bond donors (Lipinski definition) is 2. The summed E-state index contributed by atoms with van der Waals surface area (Å²) in [6, 6.07) is 1.83. The van der Waals surface area contributed by atoms with Crippen molar-refractivity contribution < 1.29 is 13.2 Å². The van der Waals surface area contributed by atoms with Crippen LogP contribution in [0.4, 0.5) is 19.0 Å². The lowest BCUT2D eigenvalue weighted by molar-refractivity contribution is -0.155. The molecule has 0 unspecified atom stereocenters. The molecule has 2 fully saturated rings. The molecule has 25 heavy (non-hydrogen) atoms. The van der Waals surface area contributed by atoms with Gasteiger partial charge >= 0.3 is 6.18 Å². The number of fused-ring (bicyclic) bond motifs is 1. The minimum atomic E-state index is -4.28. The van der Waals surface area contributed by atoms with Crippen molar-refractivity contribution in [2.45, 2.75) is 63.2 Å². The number of rotatable bonds is 4. The van der Waals surface area contributed by atoms with Crippen LogP contribution in [0.2, 0.25) is 0 Å². The maximum absolute atomic E-state index is 13.6. The first kappa shape index (κ1) is 16.6. The molecule has 8 heteroatoms. The molecule has 5 nitrogen and oxygen atoms in total. The number of hydrogen-bond acceptors (Lipinski definition) is 4. The second kappa shape index (κ2) is 5.86. The second-order valence-corrected chi connectivity index (χ2v) is 7.40. The molecular weight excluding hydrogens is 331 g/mol. The van der Waals surface area contributed by atoms with Gasteiger partial charge < -0.3 is 11.1 Å². The predicted molar refractivity (Wildman–Crippen MR) is 88.5 cm³/mol. The van der Waals surface area contributed by atoms with Gasteiger partial charge in [0.1, 0.15) is 11.7 Å². The van der Waals surface area contributed by atoms with Crippen molar-refractivity contribution in [3.8, 4) is 0 Å². The number of anilines is 1. The van der Waals surface area contributed by atoms with Gasteiger partial charge in [-0.3, -0.25) is 0 Å². The topological polar surface area (TPSA) is 68.2 Å². The van der Waals surface area contributed by atoms with E-state index in [1.54, 1.807) is 10.7 Å². The fourth-order valence-electron chi connectivity index (χ4n) is 3.82. The summed E-state index contributed by atoms with van der Waals surface area (Å²) in [4.78, 5) is 4.33. The summed E-state index contributed by atoms with van der Waals surface area (Å²) in [5.41, 5.74) is 7.30. The molecule has 2 heterocycles. The van der Waals surface area contributed by atoms with Crippen LogP contribution in [0, 0.1) is 12.8 Å². The molecule has 0 radical (unpaired) electrons. The number of alkyl halides is 3. The lowest BCUT2D eigenvalue weighted by Gasteiger charge is -2.22. The van der Waals surface area contributed by atoms with Gasteiger partial charge in [0.05, 0.1) is 11.9 Å². The minimum absolute atomic E-state index is 0.0934. The fourth-order valence-corrected chi connectivity index (χ4v) is 3.82. The zero-order chi connectivity index (χ0) is 17.8. The van der Waals surface area contributed by atoms with E-state index in [-0.39, 0.29) is 23.7 Å². The average molecular weight is 353 g/mol. The van der Waals surface area contributed by atoms with Gasteiger partial charge in [0.25, 0.3) is 0 Å². The molecule has 0 aliphatic heterocycles. The summed E-state index contributed by atoms with van der Waals surface area (Å²) >= 11 is 0. The zero-order valence-electron chi connectivity index (χ0n) is 14.1. The fraction of sp³-hybridized carbons (Fsp3) is 0.647. The molecule has 2 aromatic rings. The first-order chi connectivity index (χ1) is 11.8. The summed E-state index contributed by atoms with van der Waals surface area (Å²) in [7, 11) is 0. The maximum Gasteiger partial charge on any atom is 0.397 e. The van der Waals surface area contributed by atoms with E-state index in [9.17, 15) is 13.2 Å². The van der Waals surface area contributed by atoms with Crippen LogP contribution in [-0.2, 0) is 0 Å². The Balaban J connectivity index is 1.76. The Labute approximate surface area is 143 Å². The summed E-state index contributed by atoms with van der Waals surface area (Å²) in [5, 5.41) is 7.63. The molecule has 3 N–H and O–H groups in total. The third-order valence-corrected chi connectivity index (χ3v) is 5.26. The van der Waals surface area contributed by atoms with Crippen LogP contribution in [-0.4, -0.2) is 32.9 Å². The van der Waals surface area contributed by atoms with Crippen LogP contribution >= 0.6 is 0 Å². The summed E-state index contributed by atoms with van der Waals surface area (Å²) in [6.45, 7) is 1.81. The van der Waals surface area contributed by atoms with E-state index < -0.39 is 12.1 Å². The van der Waals surface area contributed by atoms with E-state index >= 15 is 0 Å². The highest BCUT2D eigenvalue weighted by Gasteiger charge is 2.50. The number of nitrogens with two attached hydrogens (primary N) is 1. The molecule has 0 amide bonds. The Hall–Kier alpha value is -1.83. The van der Waals surface area contributed by atoms with E-state index in [0.717, 1.165) is 24.8 Å². The average Bonchev–Trinajstić information content (AvgIpc) is 3.14. The highest BCUT2D eigenvalue weighted by molar-refractivity contribution is 5.55. The van der Waals surface area contributed by atoms with Crippen molar-refractivity contribution in [1.82, 2.24) is 14.6 Å². The molecule has 2 aromatic heterocycles. The molecule has 0 bridgehead atoms. The van der Waals surface area contributed by atoms with Crippen molar-refractivity contribution in [2.75, 3.05) is 5.32 Å². The quantitative estimate of drug-likeness (QED) is 0.884. The Morgan fingerprint density at radius 1 is 1.28 bits per heavy atom. The molecule has 2 aliphatic carbocycles. The number of aryl methyl sites for hydroxylation is 1. The molecule has 2 saturated carbocycles. The predicted octanol–water partition coefficient (Wildman–Crippen LogP) is 3.39. The molecule has 136 valence electrons. The first-order valence-electron chi connectivity index (χ1n) is 8.77. The largest absolute Gasteiger partial charge is 0.397 e. The molecule has 2 aliphatic rings. The van der Waals surface area contributed by atoms with Crippen LogP contribution in [0.3, 0.4) is 0 Å². The lowest BCUT2D eigenvalue weighted by Crippen LogP contribution is -2.25. The third-order valence-electron chi connectivity index (χ3n) is 5.26. The number of nitrogens with one attached hydrogen (secondary N) is 1. The molecular formula is C17H22F3N5. The molecule has 4 rings (SSSR count). The normalized spacial score (nSPS) is 25.5. The number of aromatic nitrogens is 3. The molecule has 0 aromatic carbocycles. The zero-order valence-corrected chi connectivity index (χ0v) is 14.1. The first-order valence-corrected chi connectivity index (χ1v) is 8.77. The van der Waals surface area contributed by atoms with E-state index in [1.807, 2.05) is 6.92 Å². The highest BCUT2D eigenvalue weighted by Crippen LogP contribution is 2.50. The van der Waals surface area contributed by atoms with Crippen LogP contribution in [0.25, 0.3) is 5.65 Å². The molecule has 0 spiro atoms. The van der Waals surface area contributed by atoms with Crippen molar-refractivity contribution >= 4 is 11.5 Å². The Kier molecular flexibility index (Phi) is 3.90. The van der Waals surface area contributed by atoms with Crippen LogP contribution in [0.15, 0.2) is 12.3 Å². The number of halogens is 3. The minimum Gasteiger partial charge on any atom is -0.367 e.